The standard InChI is InChI=1S/C24H23N5O2/c1-29(2)21-13-11-18(12-14-21)16-22(27-23(30)19-8-4-3-5-9-19)24(31)28-26-17-20-10-6-7-15-25-20/h3-17H,1-2H3,(H,27,30)(H,28,31). The fourth-order valence-corrected chi connectivity index (χ4v) is 2.65. The molecule has 2 amide bonds. The SMILES string of the molecule is CN(C)c1ccc(C=C(NC(=O)c2ccccc2)C(=O)NN=Cc2ccccn2)cc1. The van der Waals surface area contributed by atoms with Gasteiger partial charge in [0.15, 0.2) is 0 Å². The molecule has 31 heavy (non-hydrogen) atoms. The molecule has 2 aromatic carbocycles. The van der Waals surface area contributed by atoms with Crippen LogP contribution < -0.4 is 15.6 Å². The highest BCUT2D eigenvalue weighted by Gasteiger charge is 2.14. The average molecular weight is 413 g/mol. The van der Waals surface area contributed by atoms with E-state index in [1.54, 1.807) is 48.7 Å². The molecule has 0 aliphatic heterocycles. The van der Waals surface area contributed by atoms with Crippen molar-refractivity contribution < 1.29 is 9.59 Å². The maximum Gasteiger partial charge on any atom is 0.287 e. The first-order valence-corrected chi connectivity index (χ1v) is 9.63. The molecule has 0 aliphatic carbocycles. The Hall–Kier alpha value is -4.26. The van der Waals surface area contributed by atoms with Gasteiger partial charge < -0.3 is 10.2 Å². The number of carbonyl (C=O) groups is 2. The van der Waals surface area contributed by atoms with Gasteiger partial charge in [0, 0.05) is 31.5 Å². The summed E-state index contributed by atoms with van der Waals surface area (Å²) in [5, 5.41) is 6.61. The summed E-state index contributed by atoms with van der Waals surface area (Å²) in [5.74, 6) is -0.936. The molecule has 1 aromatic heterocycles. The summed E-state index contributed by atoms with van der Waals surface area (Å²) in [6, 6.07) is 21.7. The first kappa shape index (κ1) is 21.4. The van der Waals surface area contributed by atoms with Gasteiger partial charge in [-0.25, -0.2) is 5.43 Å². The van der Waals surface area contributed by atoms with Gasteiger partial charge in [0.2, 0.25) is 0 Å². The number of rotatable bonds is 7. The van der Waals surface area contributed by atoms with Crippen LogP contribution in [0, 0.1) is 0 Å². The van der Waals surface area contributed by atoms with Crippen molar-refractivity contribution in [2.24, 2.45) is 5.10 Å². The van der Waals surface area contributed by atoms with Gasteiger partial charge in [-0.2, -0.15) is 5.10 Å². The molecule has 3 rings (SSSR count). The minimum Gasteiger partial charge on any atom is -0.378 e. The smallest absolute Gasteiger partial charge is 0.287 e. The van der Waals surface area contributed by atoms with E-state index in [2.05, 4.69) is 20.8 Å². The number of aromatic nitrogens is 1. The van der Waals surface area contributed by atoms with Gasteiger partial charge in [-0.15, -0.1) is 0 Å². The first-order valence-electron chi connectivity index (χ1n) is 9.63. The molecule has 0 unspecified atom stereocenters. The molecule has 0 saturated heterocycles. The molecular formula is C24H23N5O2. The Bertz CT molecular complexity index is 1080. The normalized spacial score (nSPS) is 11.2. The Morgan fingerprint density at radius 3 is 2.29 bits per heavy atom. The maximum absolute atomic E-state index is 12.7. The maximum atomic E-state index is 12.7. The highest BCUT2D eigenvalue weighted by molar-refractivity contribution is 6.05. The van der Waals surface area contributed by atoms with Crippen LogP contribution in [0.5, 0.6) is 0 Å². The number of pyridine rings is 1. The number of nitrogens with zero attached hydrogens (tertiary/aromatic N) is 3. The van der Waals surface area contributed by atoms with E-state index in [-0.39, 0.29) is 11.6 Å². The van der Waals surface area contributed by atoms with Crippen molar-refractivity contribution in [1.29, 1.82) is 0 Å². The molecule has 0 atom stereocenters. The molecule has 0 spiro atoms. The zero-order valence-corrected chi connectivity index (χ0v) is 17.3. The topological polar surface area (TPSA) is 86.7 Å². The summed E-state index contributed by atoms with van der Waals surface area (Å²) in [6.45, 7) is 0. The second kappa shape index (κ2) is 10.5. The third-order valence-corrected chi connectivity index (χ3v) is 4.30. The average Bonchev–Trinajstić information content (AvgIpc) is 2.80. The van der Waals surface area contributed by atoms with Crippen LogP contribution in [-0.4, -0.2) is 37.1 Å². The van der Waals surface area contributed by atoms with Gasteiger partial charge in [0.05, 0.1) is 11.9 Å². The Balaban J connectivity index is 1.81. The number of hydrogen-bond acceptors (Lipinski definition) is 5. The molecular weight excluding hydrogens is 390 g/mol. The summed E-state index contributed by atoms with van der Waals surface area (Å²) in [7, 11) is 3.90. The number of hydrazone groups is 1. The molecule has 7 nitrogen and oxygen atoms in total. The molecule has 0 fully saturated rings. The zero-order valence-electron chi connectivity index (χ0n) is 17.3. The summed E-state index contributed by atoms with van der Waals surface area (Å²) < 4.78 is 0. The predicted octanol–water partition coefficient (Wildman–Crippen LogP) is 3.07. The molecule has 0 aliphatic rings. The van der Waals surface area contributed by atoms with E-state index >= 15 is 0 Å². The van der Waals surface area contributed by atoms with E-state index in [1.807, 2.05) is 55.4 Å². The van der Waals surface area contributed by atoms with Gasteiger partial charge in [-0.3, -0.25) is 14.6 Å². The molecule has 1 heterocycles. The number of amides is 2. The summed E-state index contributed by atoms with van der Waals surface area (Å²) in [5.41, 5.74) is 5.34. The Morgan fingerprint density at radius 2 is 1.65 bits per heavy atom. The van der Waals surface area contributed by atoms with Crippen molar-refractivity contribution in [3.63, 3.8) is 0 Å². The van der Waals surface area contributed by atoms with Crippen LogP contribution in [0.25, 0.3) is 6.08 Å². The molecule has 7 heteroatoms. The lowest BCUT2D eigenvalue weighted by atomic mass is 10.1. The van der Waals surface area contributed by atoms with E-state index < -0.39 is 5.91 Å². The lowest BCUT2D eigenvalue weighted by molar-refractivity contribution is -0.117. The van der Waals surface area contributed by atoms with Gasteiger partial charge in [-0.1, -0.05) is 36.4 Å². The lowest BCUT2D eigenvalue weighted by Crippen LogP contribution is -2.32. The molecule has 156 valence electrons. The Morgan fingerprint density at radius 1 is 0.935 bits per heavy atom. The Labute approximate surface area is 181 Å². The van der Waals surface area contributed by atoms with Crippen LogP contribution in [0.3, 0.4) is 0 Å². The molecule has 0 saturated carbocycles. The van der Waals surface area contributed by atoms with Crippen LogP contribution in [0.1, 0.15) is 21.6 Å². The summed E-state index contributed by atoms with van der Waals surface area (Å²) in [6.07, 6.45) is 4.66. The number of carbonyl (C=O) groups excluding carboxylic acids is 2. The molecule has 0 radical (unpaired) electrons. The van der Waals surface area contributed by atoms with Crippen molar-refractivity contribution in [2.75, 3.05) is 19.0 Å². The number of benzene rings is 2. The summed E-state index contributed by atoms with van der Waals surface area (Å²) in [4.78, 5) is 31.4. The van der Waals surface area contributed by atoms with E-state index in [4.69, 9.17) is 0 Å². The van der Waals surface area contributed by atoms with Crippen LogP contribution in [0.4, 0.5) is 5.69 Å². The van der Waals surface area contributed by atoms with Crippen molar-refractivity contribution in [1.82, 2.24) is 15.7 Å². The molecule has 2 N–H and O–H groups in total. The minimum absolute atomic E-state index is 0.0737. The fraction of sp³-hybridized carbons (Fsp3) is 0.0833. The monoisotopic (exact) mass is 413 g/mol. The minimum atomic E-state index is -0.548. The van der Waals surface area contributed by atoms with Gasteiger partial charge in [-0.05, 0) is 48.0 Å². The van der Waals surface area contributed by atoms with Gasteiger partial charge in [0.25, 0.3) is 11.8 Å². The molecule has 3 aromatic rings. The second-order valence-electron chi connectivity index (χ2n) is 6.82. The highest BCUT2D eigenvalue weighted by atomic mass is 16.2. The van der Waals surface area contributed by atoms with E-state index in [1.165, 1.54) is 6.21 Å². The highest BCUT2D eigenvalue weighted by Crippen LogP contribution is 2.14. The quantitative estimate of drug-likeness (QED) is 0.354. The third-order valence-electron chi connectivity index (χ3n) is 4.30. The second-order valence-corrected chi connectivity index (χ2v) is 6.82. The predicted molar refractivity (Wildman–Crippen MR) is 123 cm³/mol. The van der Waals surface area contributed by atoms with Crippen molar-refractivity contribution in [3.05, 3.63) is 102 Å². The van der Waals surface area contributed by atoms with Crippen molar-refractivity contribution >= 4 is 29.8 Å². The Kier molecular flexibility index (Phi) is 7.26. The summed E-state index contributed by atoms with van der Waals surface area (Å²) >= 11 is 0. The van der Waals surface area contributed by atoms with E-state index in [0.29, 0.717) is 11.3 Å². The number of anilines is 1. The van der Waals surface area contributed by atoms with Gasteiger partial charge >= 0.3 is 0 Å². The first-order chi connectivity index (χ1) is 15.0. The van der Waals surface area contributed by atoms with E-state index in [0.717, 1.165) is 11.3 Å². The largest absolute Gasteiger partial charge is 0.378 e. The number of nitrogens with one attached hydrogen (secondary N) is 2. The lowest BCUT2D eigenvalue weighted by Gasteiger charge is -2.12. The van der Waals surface area contributed by atoms with Crippen LogP contribution in [-0.2, 0) is 4.79 Å². The van der Waals surface area contributed by atoms with Crippen molar-refractivity contribution in [2.45, 2.75) is 0 Å². The van der Waals surface area contributed by atoms with E-state index in [9.17, 15) is 9.59 Å². The van der Waals surface area contributed by atoms with Crippen LogP contribution in [0.15, 0.2) is 89.8 Å². The zero-order chi connectivity index (χ0) is 22.1. The van der Waals surface area contributed by atoms with Gasteiger partial charge in [0.1, 0.15) is 5.70 Å². The number of hydrogen-bond donors (Lipinski definition) is 2. The van der Waals surface area contributed by atoms with Crippen molar-refractivity contribution in [3.8, 4) is 0 Å². The third kappa shape index (κ3) is 6.37. The molecule has 0 bridgehead atoms. The van der Waals surface area contributed by atoms with Crippen LogP contribution in [0.2, 0.25) is 0 Å². The van der Waals surface area contributed by atoms with Crippen LogP contribution >= 0.6 is 0 Å². The fourth-order valence-electron chi connectivity index (χ4n) is 2.65.